The van der Waals surface area contributed by atoms with Crippen LogP contribution in [0, 0.1) is 13.8 Å². The van der Waals surface area contributed by atoms with Crippen LogP contribution in [0.3, 0.4) is 0 Å². The average Bonchev–Trinajstić information content (AvgIpc) is 2.13. The van der Waals surface area contributed by atoms with Crippen molar-refractivity contribution < 1.29 is 0 Å². The highest BCUT2D eigenvalue weighted by Gasteiger charge is 2.22. The van der Waals surface area contributed by atoms with Gasteiger partial charge in [0.15, 0.2) is 0 Å². The number of hydrogen-bond acceptors (Lipinski definition) is 1. The Morgan fingerprint density at radius 3 is 1.81 bits per heavy atom. The quantitative estimate of drug-likeness (QED) is 0.688. The summed E-state index contributed by atoms with van der Waals surface area (Å²) in [5, 5.41) is 3.16. The molecule has 1 nitrogen and oxygen atoms in total. The molecular weight excluding hydrogens is 192 g/mol. The maximum Gasteiger partial charge on any atom is 0.117 e. The van der Waals surface area contributed by atoms with E-state index in [1.54, 1.807) is 0 Å². The van der Waals surface area contributed by atoms with Crippen LogP contribution in [0.25, 0.3) is 0 Å². The van der Waals surface area contributed by atoms with E-state index in [1.807, 2.05) is 20.9 Å². The van der Waals surface area contributed by atoms with Gasteiger partial charge in [0, 0.05) is 12.7 Å². The van der Waals surface area contributed by atoms with Crippen molar-refractivity contribution in [3.63, 3.8) is 0 Å². The maximum absolute atomic E-state index is 6.21. The SMILES string of the molecule is [B]c1c(C)c(C)c(NC)c([B])c1C(C)(C)C. The van der Waals surface area contributed by atoms with Gasteiger partial charge in [-0.15, -0.1) is 0 Å². The zero-order valence-corrected chi connectivity index (χ0v) is 11.2. The molecule has 3 heteroatoms. The molecule has 16 heavy (non-hydrogen) atoms. The molecule has 0 spiro atoms. The van der Waals surface area contributed by atoms with Crippen molar-refractivity contribution in [1.82, 2.24) is 0 Å². The summed E-state index contributed by atoms with van der Waals surface area (Å²) in [6.07, 6.45) is 0. The lowest BCUT2D eigenvalue weighted by molar-refractivity contribution is 0.597. The molecule has 0 unspecified atom stereocenters. The Balaban J connectivity index is 3.69. The molecule has 82 valence electrons. The second-order valence-electron chi connectivity index (χ2n) is 5.33. The van der Waals surface area contributed by atoms with Gasteiger partial charge in [-0.1, -0.05) is 42.8 Å². The van der Waals surface area contributed by atoms with Crippen LogP contribution in [0.4, 0.5) is 5.69 Å². The lowest BCUT2D eigenvalue weighted by Gasteiger charge is -2.29. The molecule has 1 aromatic rings. The zero-order chi connectivity index (χ0) is 12.7. The third kappa shape index (κ3) is 2.00. The van der Waals surface area contributed by atoms with Crippen LogP contribution in [-0.4, -0.2) is 22.7 Å². The van der Waals surface area contributed by atoms with Gasteiger partial charge in [-0.2, -0.15) is 0 Å². The molecular formula is C13H19B2N. The molecule has 0 saturated carbocycles. The van der Waals surface area contributed by atoms with Gasteiger partial charge in [-0.25, -0.2) is 0 Å². The lowest BCUT2D eigenvalue weighted by atomic mass is 9.67. The minimum atomic E-state index is -0.0434. The van der Waals surface area contributed by atoms with Gasteiger partial charge in [0.1, 0.15) is 15.7 Å². The fraction of sp³-hybridized carbons (Fsp3) is 0.538. The number of hydrogen-bond donors (Lipinski definition) is 1. The van der Waals surface area contributed by atoms with Crippen molar-refractivity contribution in [2.75, 3.05) is 12.4 Å². The standard InChI is InChI=1S/C13H19B2N/c1-7-8(2)12(16-6)11(15)9(10(7)14)13(3,4)5/h16H,1-6H3. The van der Waals surface area contributed by atoms with Crippen molar-refractivity contribution in [2.45, 2.75) is 40.0 Å². The molecule has 0 aromatic heterocycles. The van der Waals surface area contributed by atoms with Gasteiger partial charge in [-0.05, 0) is 24.8 Å². The minimum absolute atomic E-state index is 0.0434. The van der Waals surface area contributed by atoms with Gasteiger partial charge in [0.2, 0.25) is 0 Å². The average molecular weight is 211 g/mol. The summed E-state index contributed by atoms with van der Waals surface area (Å²) in [5.41, 5.74) is 5.83. The summed E-state index contributed by atoms with van der Waals surface area (Å²) in [7, 11) is 14.3. The molecule has 0 bridgehead atoms. The van der Waals surface area contributed by atoms with E-state index in [9.17, 15) is 0 Å². The summed E-state index contributed by atoms with van der Waals surface area (Å²) in [6.45, 7) is 10.5. The van der Waals surface area contributed by atoms with Gasteiger partial charge in [-0.3, -0.25) is 0 Å². The van der Waals surface area contributed by atoms with Crippen LogP contribution in [0.5, 0.6) is 0 Å². The maximum atomic E-state index is 6.21. The third-order valence-corrected chi connectivity index (χ3v) is 3.15. The van der Waals surface area contributed by atoms with Crippen LogP contribution >= 0.6 is 0 Å². The largest absolute Gasteiger partial charge is 0.388 e. The van der Waals surface area contributed by atoms with E-state index in [1.165, 1.54) is 0 Å². The first-order valence-electron chi connectivity index (χ1n) is 5.58. The Morgan fingerprint density at radius 1 is 0.938 bits per heavy atom. The predicted octanol–water partition coefficient (Wildman–Crippen LogP) is 1.23. The summed E-state index contributed by atoms with van der Waals surface area (Å²) >= 11 is 0. The highest BCUT2D eigenvalue weighted by atomic mass is 14.8. The number of rotatable bonds is 1. The second-order valence-corrected chi connectivity index (χ2v) is 5.33. The van der Waals surface area contributed by atoms with E-state index in [-0.39, 0.29) is 5.41 Å². The molecule has 0 atom stereocenters. The Morgan fingerprint density at radius 2 is 1.44 bits per heavy atom. The van der Waals surface area contributed by atoms with E-state index in [4.69, 9.17) is 15.7 Å². The first kappa shape index (κ1) is 13.2. The monoisotopic (exact) mass is 211 g/mol. The van der Waals surface area contributed by atoms with Crippen molar-refractivity contribution in [3.05, 3.63) is 16.7 Å². The van der Waals surface area contributed by atoms with Gasteiger partial charge in [0.05, 0.1) is 0 Å². The summed E-state index contributed by atoms with van der Waals surface area (Å²) in [5.74, 6) is 0. The van der Waals surface area contributed by atoms with Gasteiger partial charge >= 0.3 is 0 Å². The zero-order valence-electron chi connectivity index (χ0n) is 11.2. The molecule has 0 heterocycles. The smallest absolute Gasteiger partial charge is 0.117 e. The third-order valence-electron chi connectivity index (χ3n) is 3.15. The molecule has 0 aliphatic heterocycles. The van der Waals surface area contributed by atoms with Crippen molar-refractivity contribution >= 4 is 32.3 Å². The normalized spacial score (nSPS) is 11.6. The van der Waals surface area contributed by atoms with Crippen LogP contribution in [0.15, 0.2) is 0 Å². The van der Waals surface area contributed by atoms with Gasteiger partial charge < -0.3 is 5.32 Å². The van der Waals surface area contributed by atoms with E-state index in [0.29, 0.717) is 0 Å². The van der Waals surface area contributed by atoms with Crippen molar-refractivity contribution in [1.29, 1.82) is 0 Å². The van der Waals surface area contributed by atoms with Crippen molar-refractivity contribution in [2.24, 2.45) is 0 Å². The van der Waals surface area contributed by atoms with Crippen LogP contribution < -0.4 is 16.2 Å². The molecule has 1 N–H and O–H groups in total. The van der Waals surface area contributed by atoms with E-state index in [0.717, 1.165) is 33.3 Å². The Kier molecular flexibility index (Phi) is 3.47. The van der Waals surface area contributed by atoms with Crippen LogP contribution in [0.2, 0.25) is 0 Å². The topological polar surface area (TPSA) is 12.0 Å². The molecule has 0 aliphatic carbocycles. The second kappa shape index (κ2) is 4.20. The van der Waals surface area contributed by atoms with E-state index >= 15 is 0 Å². The molecule has 0 fully saturated rings. The van der Waals surface area contributed by atoms with E-state index < -0.39 is 0 Å². The fourth-order valence-corrected chi connectivity index (χ4v) is 2.18. The number of anilines is 1. The van der Waals surface area contributed by atoms with Crippen LogP contribution in [-0.2, 0) is 5.41 Å². The summed E-state index contributed by atoms with van der Waals surface area (Å²) in [4.78, 5) is 0. The lowest BCUT2D eigenvalue weighted by Crippen LogP contribution is -2.36. The molecule has 0 aliphatic rings. The minimum Gasteiger partial charge on any atom is -0.388 e. The first-order chi connectivity index (χ1) is 7.21. The molecule has 1 aromatic carbocycles. The Bertz CT molecular complexity index is 417. The fourth-order valence-electron chi connectivity index (χ4n) is 2.18. The highest BCUT2D eigenvalue weighted by Crippen LogP contribution is 2.24. The highest BCUT2D eigenvalue weighted by molar-refractivity contribution is 6.43. The summed E-state index contributed by atoms with van der Waals surface area (Å²) < 4.78 is 0. The number of nitrogens with one attached hydrogen (secondary N) is 1. The summed E-state index contributed by atoms with van der Waals surface area (Å²) in [6, 6.07) is 0. The van der Waals surface area contributed by atoms with Crippen molar-refractivity contribution in [3.8, 4) is 0 Å². The first-order valence-corrected chi connectivity index (χ1v) is 5.58. The van der Waals surface area contributed by atoms with E-state index in [2.05, 4.69) is 26.1 Å². The molecule has 0 amide bonds. The van der Waals surface area contributed by atoms with Gasteiger partial charge in [0.25, 0.3) is 0 Å². The molecule has 1 rings (SSSR count). The Hall–Kier alpha value is -0.850. The number of benzene rings is 1. The Labute approximate surface area is 102 Å². The molecule has 4 radical (unpaired) electrons. The predicted molar refractivity (Wildman–Crippen MR) is 74.9 cm³/mol. The van der Waals surface area contributed by atoms with Crippen LogP contribution in [0.1, 0.15) is 37.5 Å². The molecule has 0 saturated heterocycles.